The van der Waals surface area contributed by atoms with Crippen LogP contribution in [-0.4, -0.2) is 33.6 Å². The molecule has 100 valence electrons. The molecule has 3 N–H and O–H groups in total. The lowest BCUT2D eigenvalue weighted by Crippen LogP contribution is -2.28. The van der Waals surface area contributed by atoms with Crippen LogP contribution in [-0.2, 0) is 0 Å². The van der Waals surface area contributed by atoms with Crippen LogP contribution in [0.25, 0.3) is 0 Å². The highest BCUT2D eigenvalue weighted by atomic mass is 16.3. The molecular weight excluding hydrogens is 216 g/mol. The second kappa shape index (κ2) is 7.85. The first-order chi connectivity index (χ1) is 8.11. The molecule has 0 aromatic rings. The zero-order valence-electron chi connectivity index (χ0n) is 10.8. The molecule has 1 saturated carbocycles. The van der Waals surface area contributed by atoms with E-state index in [2.05, 4.69) is 12.2 Å². The van der Waals surface area contributed by atoms with Crippen molar-refractivity contribution in [2.45, 2.75) is 70.2 Å². The molecule has 0 aliphatic heterocycles. The summed E-state index contributed by atoms with van der Waals surface area (Å²) in [5, 5.41) is 28.4. The van der Waals surface area contributed by atoms with Crippen LogP contribution in [0.2, 0.25) is 0 Å². The van der Waals surface area contributed by atoms with Gasteiger partial charge < -0.3 is 15.3 Å². The van der Waals surface area contributed by atoms with Crippen LogP contribution < -0.4 is 0 Å². The van der Waals surface area contributed by atoms with Crippen molar-refractivity contribution in [2.75, 3.05) is 0 Å². The Kier molecular flexibility index (Phi) is 6.78. The lowest BCUT2D eigenvalue weighted by Gasteiger charge is -2.27. The SMILES string of the molecule is CCC(O)CCC/C=C/C1CC(O)CC(O)C1. The molecule has 0 spiro atoms. The zero-order chi connectivity index (χ0) is 12.7. The number of allylic oxidation sites excluding steroid dienone is 2. The first-order valence-electron chi connectivity index (χ1n) is 6.82. The highest BCUT2D eigenvalue weighted by molar-refractivity contribution is 4.93. The first-order valence-corrected chi connectivity index (χ1v) is 6.82. The minimum Gasteiger partial charge on any atom is -0.393 e. The third-order valence-electron chi connectivity index (χ3n) is 3.48. The quantitative estimate of drug-likeness (QED) is 0.493. The monoisotopic (exact) mass is 242 g/mol. The molecule has 0 saturated heterocycles. The number of unbranched alkanes of at least 4 members (excludes halogenated alkanes) is 1. The maximum Gasteiger partial charge on any atom is 0.0570 e. The molecule has 0 amide bonds. The average Bonchev–Trinajstić information content (AvgIpc) is 2.27. The van der Waals surface area contributed by atoms with E-state index in [1.807, 2.05) is 6.92 Å². The Hall–Kier alpha value is -0.380. The lowest BCUT2D eigenvalue weighted by molar-refractivity contribution is 0.0244. The van der Waals surface area contributed by atoms with Crippen molar-refractivity contribution in [3.8, 4) is 0 Å². The van der Waals surface area contributed by atoms with Gasteiger partial charge in [0.15, 0.2) is 0 Å². The van der Waals surface area contributed by atoms with E-state index < -0.39 is 0 Å². The molecular formula is C14H26O3. The smallest absolute Gasteiger partial charge is 0.0570 e. The van der Waals surface area contributed by atoms with Crippen molar-refractivity contribution in [2.24, 2.45) is 5.92 Å². The summed E-state index contributed by atoms with van der Waals surface area (Å²) in [7, 11) is 0. The second-order valence-electron chi connectivity index (χ2n) is 5.20. The molecule has 0 aromatic carbocycles. The third kappa shape index (κ3) is 6.20. The maximum absolute atomic E-state index is 9.53. The van der Waals surface area contributed by atoms with Crippen LogP contribution in [0.1, 0.15) is 51.9 Å². The summed E-state index contributed by atoms with van der Waals surface area (Å²) in [4.78, 5) is 0. The maximum atomic E-state index is 9.53. The Morgan fingerprint density at radius 3 is 2.41 bits per heavy atom. The highest BCUT2D eigenvalue weighted by Gasteiger charge is 2.24. The van der Waals surface area contributed by atoms with Crippen LogP contribution >= 0.6 is 0 Å². The third-order valence-corrected chi connectivity index (χ3v) is 3.48. The summed E-state index contributed by atoms with van der Waals surface area (Å²) in [5.74, 6) is 0.310. The van der Waals surface area contributed by atoms with Crippen LogP contribution in [0.4, 0.5) is 0 Å². The van der Waals surface area contributed by atoms with Gasteiger partial charge in [-0.1, -0.05) is 19.1 Å². The van der Waals surface area contributed by atoms with E-state index >= 15 is 0 Å². The minimum absolute atomic E-state index is 0.165. The van der Waals surface area contributed by atoms with Crippen molar-refractivity contribution < 1.29 is 15.3 Å². The molecule has 3 atom stereocenters. The fourth-order valence-electron chi connectivity index (χ4n) is 2.42. The number of rotatable bonds is 6. The van der Waals surface area contributed by atoms with Crippen LogP contribution in [0.3, 0.4) is 0 Å². The lowest BCUT2D eigenvalue weighted by atomic mass is 9.85. The van der Waals surface area contributed by atoms with Crippen LogP contribution in [0.15, 0.2) is 12.2 Å². The van der Waals surface area contributed by atoms with Gasteiger partial charge in [0.05, 0.1) is 18.3 Å². The van der Waals surface area contributed by atoms with E-state index in [0.29, 0.717) is 12.3 Å². The van der Waals surface area contributed by atoms with Crippen LogP contribution in [0, 0.1) is 5.92 Å². The summed E-state index contributed by atoms with van der Waals surface area (Å²) >= 11 is 0. The Bertz CT molecular complexity index is 218. The fourth-order valence-corrected chi connectivity index (χ4v) is 2.42. The van der Waals surface area contributed by atoms with Gasteiger partial charge in [0.2, 0.25) is 0 Å². The van der Waals surface area contributed by atoms with Gasteiger partial charge in [0, 0.05) is 0 Å². The van der Waals surface area contributed by atoms with E-state index in [-0.39, 0.29) is 18.3 Å². The average molecular weight is 242 g/mol. The molecule has 1 aliphatic carbocycles. The topological polar surface area (TPSA) is 60.7 Å². The molecule has 0 aromatic heterocycles. The van der Waals surface area contributed by atoms with Crippen LogP contribution in [0.5, 0.6) is 0 Å². The molecule has 3 nitrogen and oxygen atoms in total. The predicted molar refractivity (Wildman–Crippen MR) is 68.6 cm³/mol. The molecule has 0 bridgehead atoms. The number of hydrogen-bond acceptors (Lipinski definition) is 3. The molecule has 1 fully saturated rings. The number of aliphatic hydroxyl groups excluding tert-OH is 3. The highest BCUT2D eigenvalue weighted by Crippen LogP contribution is 2.25. The van der Waals surface area contributed by atoms with Gasteiger partial charge >= 0.3 is 0 Å². The molecule has 17 heavy (non-hydrogen) atoms. The molecule has 0 heterocycles. The molecule has 1 aliphatic rings. The second-order valence-corrected chi connectivity index (χ2v) is 5.20. The predicted octanol–water partition coefficient (Wildman–Crippen LogP) is 2.01. The number of aliphatic hydroxyl groups is 3. The van der Waals surface area contributed by atoms with E-state index in [1.54, 1.807) is 0 Å². The van der Waals surface area contributed by atoms with Gasteiger partial charge in [-0.15, -0.1) is 0 Å². The standard InChI is InChI=1S/C14H26O3/c1-2-12(15)7-5-3-4-6-11-8-13(16)10-14(17)9-11/h4,6,11-17H,2-3,5,7-10H2,1H3/b6-4+. The van der Waals surface area contributed by atoms with Gasteiger partial charge in [0.25, 0.3) is 0 Å². The largest absolute Gasteiger partial charge is 0.393 e. The molecule has 3 heteroatoms. The van der Waals surface area contributed by atoms with Gasteiger partial charge in [-0.05, 0) is 50.9 Å². The Balaban J connectivity index is 2.15. The van der Waals surface area contributed by atoms with E-state index in [9.17, 15) is 15.3 Å². The van der Waals surface area contributed by atoms with Crippen molar-refractivity contribution in [3.63, 3.8) is 0 Å². The normalized spacial score (nSPS) is 31.9. The van der Waals surface area contributed by atoms with Crippen molar-refractivity contribution in [3.05, 3.63) is 12.2 Å². The van der Waals surface area contributed by atoms with Gasteiger partial charge in [-0.3, -0.25) is 0 Å². The van der Waals surface area contributed by atoms with E-state index in [4.69, 9.17) is 0 Å². The molecule has 3 unspecified atom stereocenters. The van der Waals surface area contributed by atoms with Gasteiger partial charge in [0.1, 0.15) is 0 Å². The van der Waals surface area contributed by atoms with Crippen molar-refractivity contribution in [1.29, 1.82) is 0 Å². The Morgan fingerprint density at radius 1 is 1.18 bits per heavy atom. The van der Waals surface area contributed by atoms with Gasteiger partial charge in [-0.25, -0.2) is 0 Å². The van der Waals surface area contributed by atoms with Crippen molar-refractivity contribution >= 4 is 0 Å². The minimum atomic E-state index is -0.352. The molecule has 0 radical (unpaired) electrons. The summed E-state index contributed by atoms with van der Waals surface area (Å²) < 4.78 is 0. The first kappa shape index (κ1) is 14.7. The zero-order valence-corrected chi connectivity index (χ0v) is 10.8. The van der Waals surface area contributed by atoms with Crippen molar-refractivity contribution in [1.82, 2.24) is 0 Å². The summed E-state index contributed by atoms with van der Waals surface area (Å²) in [6.45, 7) is 1.99. The van der Waals surface area contributed by atoms with Gasteiger partial charge in [-0.2, -0.15) is 0 Å². The Labute approximate surface area is 104 Å². The summed E-state index contributed by atoms with van der Waals surface area (Å²) in [6.07, 6.45) is 9.09. The Morgan fingerprint density at radius 2 is 1.82 bits per heavy atom. The number of hydrogen-bond donors (Lipinski definition) is 3. The van der Waals surface area contributed by atoms with E-state index in [1.165, 1.54) is 0 Å². The summed E-state index contributed by atoms with van der Waals surface area (Å²) in [6, 6.07) is 0. The van der Waals surface area contributed by atoms with E-state index in [0.717, 1.165) is 38.5 Å². The molecule has 1 rings (SSSR count). The summed E-state index contributed by atoms with van der Waals surface area (Å²) in [5.41, 5.74) is 0. The fraction of sp³-hybridized carbons (Fsp3) is 0.857.